The molecule has 9 heteroatoms. The number of carbonyl (C=O) groups excluding carboxylic acids is 2. The first kappa shape index (κ1) is 22.8. The molecule has 3 fully saturated rings. The quantitative estimate of drug-likeness (QED) is 0.618. The number of aliphatic hydroxyl groups excluding tert-OH is 1. The molecule has 7 nitrogen and oxygen atoms in total. The van der Waals surface area contributed by atoms with Gasteiger partial charge in [-0.25, -0.2) is 4.39 Å². The normalized spacial score (nSPS) is 46.7. The summed E-state index contributed by atoms with van der Waals surface area (Å²) in [6.45, 7) is 2.58. The first-order valence-corrected chi connectivity index (χ1v) is 12.4. The molecule has 2 N–H and O–H groups in total. The molecule has 7 unspecified atom stereocenters. The molecule has 0 saturated heterocycles. The van der Waals surface area contributed by atoms with Crippen LogP contribution in [0.4, 0.5) is 4.39 Å². The molecule has 31 heavy (non-hydrogen) atoms. The van der Waals surface area contributed by atoms with Crippen LogP contribution in [0.5, 0.6) is 0 Å². The summed E-state index contributed by atoms with van der Waals surface area (Å²) in [4.78, 5) is 24.7. The van der Waals surface area contributed by atoms with Crippen LogP contribution in [-0.4, -0.2) is 60.4 Å². The Morgan fingerprint density at radius 2 is 1.97 bits per heavy atom. The number of aliphatic hydroxyl groups is 2. The van der Waals surface area contributed by atoms with Crippen LogP contribution < -0.4 is 0 Å². The Morgan fingerprint density at radius 3 is 2.61 bits per heavy atom. The van der Waals surface area contributed by atoms with Crippen molar-refractivity contribution in [3.05, 3.63) is 23.8 Å². The summed E-state index contributed by atoms with van der Waals surface area (Å²) in [6, 6.07) is 0. The second kappa shape index (κ2) is 6.79. The fraction of sp³-hybridized carbons (Fsp3) is 0.727. The van der Waals surface area contributed by atoms with Crippen LogP contribution in [0.2, 0.25) is 0 Å². The third kappa shape index (κ3) is 2.96. The van der Waals surface area contributed by atoms with Gasteiger partial charge in [-0.15, -0.1) is 0 Å². The molecule has 0 aromatic rings. The van der Waals surface area contributed by atoms with E-state index >= 15 is 4.39 Å². The van der Waals surface area contributed by atoms with E-state index in [2.05, 4.69) is 4.18 Å². The van der Waals surface area contributed by atoms with Gasteiger partial charge >= 0.3 is 0 Å². The Bertz CT molecular complexity index is 1000. The smallest absolute Gasteiger partial charge is 0.264 e. The number of hydrogen-bond donors (Lipinski definition) is 2. The largest absolute Gasteiger partial charge is 0.390 e. The fourth-order valence-corrected chi connectivity index (χ4v) is 7.27. The van der Waals surface area contributed by atoms with Gasteiger partial charge in [0.1, 0.15) is 12.2 Å². The highest BCUT2D eigenvalue weighted by atomic mass is 32.2. The van der Waals surface area contributed by atoms with E-state index in [0.29, 0.717) is 24.8 Å². The minimum Gasteiger partial charge on any atom is -0.390 e. The average molecular weight is 457 g/mol. The number of halogens is 1. The summed E-state index contributed by atoms with van der Waals surface area (Å²) < 4.78 is 44.1. The van der Waals surface area contributed by atoms with E-state index in [0.717, 1.165) is 6.26 Å². The molecule has 0 aromatic carbocycles. The summed E-state index contributed by atoms with van der Waals surface area (Å²) >= 11 is 0. The van der Waals surface area contributed by atoms with Gasteiger partial charge < -0.3 is 10.2 Å². The maximum atomic E-state index is 16.9. The van der Waals surface area contributed by atoms with Gasteiger partial charge in [-0.3, -0.25) is 13.8 Å². The van der Waals surface area contributed by atoms with Crippen molar-refractivity contribution in [1.82, 2.24) is 0 Å². The number of ketones is 2. The lowest BCUT2D eigenvalue weighted by Crippen LogP contribution is -2.69. The van der Waals surface area contributed by atoms with Crippen molar-refractivity contribution < 1.29 is 36.8 Å². The minimum absolute atomic E-state index is 0.0488. The molecular weight excluding hydrogens is 427 g/mol. The Morgan fingerprint density at radius 1 is 1.29 bits per heavy atom. The highest BCUT2D eigenvalue weighted by Gasteiger charge is 2.74. The molecule has 172 valence electrons. The first-order chi connectivity index (χ1) is 14.2. The molecule has 0 aromatic heterocycles. The number of rotatable bonds is 4. The van der Waals surface area contributed by atoms with E-state index in [9.17, 15) is 28.2 Å². The third-order valence-electron chi connectivity index (χ3n) is 8.66. The monoisotopic (exact) mass is 456 g/mol. The van der Waals surface area contributed by atoms with E-state index < -0.39 is 62.5 Å². The molecule has 4 aliphatic carbocycles. The van der Waals surface area contributed by atoms with E-state index in [1.807, 2.05) is 0 Å². The average Bonchev–Trinajstić information content (AvgIpc) is 2.93. The summed E-state index contributed by atoms with van der Waals surface area (Å²) in [5.74, 6) is -1.99. The van der Waals surface area contributed by atoms with Crippen molar-refractivity contribution in [2.24, 2.45) is 22.7 Å². The molecule has 7 atom stereocenters. The van der Waals surface area contributed by atoms with Crippen molar-refractivity contribution in [2.75, 3.05) is 12.9 Å². The number of allylic oxidation sites excluding steroid dienone is 4. The van der Waals surface area contributed by atoms with Gasteiger partial charge in [-0.05, 0) is 57.1 Å². The molecule has 0 spiro atoms. The van der Waals surface area contributed by atoms with E-state index in [1.165, 1.54) is 12.2 Å². The molecule has 0 amide bonds. The molecule has 4 rings (SSSR count). The summed E-state index contributed by atoms with van der Waals surface area (Å²) in [7, 11) is -3.87. The van der Waals surface area contributed by atoms with Crippen LogP contribution in [0.1, 0.15) is 46.0 Å². The zero-order chi connectivity index (χ0) is 23.0. The molecule has 3 saturated carbocycles. The molecular formula is C22H29FO7S. The van der Waals surface area contributed by atoms with Crippen LogP contribution in [-0.2, 0) is 23.9 Å². The number of hydrogen-bond acceptors (Lipinski definition) is 7. The van der Waals surface area contributed by atoms with Crippen molar-refractivity contribution >= 4 is 21.7 Å². The van der Waals surface area contributed by atoms with Crippen LogP contribution in [0.3, 0.4) is 0 Å². The van der Waals surface area contributed by atoms with Gasteiger partial charge in [0.2, 0.25) is 0 Å². The highest BCUT2D eigenvalue weighted by molar-refractivity contribution is 7.86. The first-order valence-electron chi connectivity index (χ1n) is 10.6. The topological polar surface area (TPSA) is 118 Å². The molecule has 0 bridgehead atoms. The number of Topliss-reactive ketones (excluding diaryl/α,β-unsaturated/α-hetero) is 1. The van der Waals surface area contributed by atoms with E-state index in [4.69, 9.17) is 0 Å². The Labute approximate surface area is 181 Å². The second-order valence-corrected chi connectivity index (χ2v) is 11.7. The molecule has 4 aliphatic rings. The molecule has 0 radical (unpaired) electrons. The maximum absolute atomic E-state index is 16.9. The Kier molecular flexibility index (Phi) is 4.99. The SMILES string of the molecule is CC12C=CC(=O)C=C1CCC1C3CCC(O)(C(=O)COS(C)(=O)=O)C3(C)CC(O)C12F. The lowest BCUT2D eigenvalue weighted by Gasteiger charge is -2.62. The van der Waals surface area contributed by atoms with Crippen molar-refractivity contribution in [3.63, 3.8) is 0 Å². The van der Waals surface area contributed by atoms with Gasteiger partial charge in [-0.1, -0.05) is 18.6 Å². The standard InChI is InChI=1S/C22H29FO7S/c1-19-8-6-14(24)10-13(19)4-5-16-15-7-9-21(27,18(26)12-30-31(3,28)29)20(15,2)11-17(25)22(16,19)23/h6,8,10,15-17,25,27H,4-5,7,9,11-12H2,1-3H3. The fourth-order valence-electron chi connectivity index (χ4n) is 6.95. The number of carbonyl (C=O) groups is 2. The van der Waals surface area contributed by atoms with Gasteiger partial charge in [0.15, 0.2) is 17.2 Å². The zero-order valence-electron chi connectivity index (χ0n) is 17.9. The predicted molar refractivity (Wildman–Crippen MR) is 109 cm³/mol. The van der Waals surface area contributed by atoms with Gasteiger partial charge in [-0.2, -0.15) is 8.42 Å². The summed E-state index contributed by atoms with van der Waals surface area (Å²) in [5.41, 5.74) is -5.58. The van der Waals surface area contributed by atoms with Crippen LogP contribution in [0.25, 0.3) is 0 Å². The highest BCUT2D eigenvalue weighted by Crippen LogP contribution is 2.69. The van der Waals surface area contributed by atoms with Gasteiger partial charge in [0.05, 0.1) is 12.4 Å². The minimum atomic E-state index is -3.87. The molecule has 0 aliphatic heterocycles. The lowest BCUT2D eigenvalue weighted by atomic mass is 9.44. The van der Waals surface area contributed by atoms with Crippen molar-refractivity contribution in [2.45, 2.75) is 63.3 Å². The Hall–Kier alpha value is -1.42. The lowest BCUT2D eigenvalue weighted by molar-refractivity contribution is -0.217. The maximum Gasteiger partial charge on any atom is 0.264 e. The molecule has 0 heterocycles. The van der Waals surface area contributed by atoms with Gasteiger partial charge in [0.25, 0.3) is 10.1 Å². The second-order valence-electron chi connectivity index (χ2n) is 10.1. The van der Waals surface area contributed by atoms with Crippen molar-refractivity contribution in [1.29, 1.82) is 0 Å². The summed E-state index contributed by atoms with van der Waals surface area (Å²) in [5, 5.41) is 22.6. The van der Waals surface area contributed by atoms with Crippen LogP contribution >= 0.6 is 0 Å². The van der Waals surface area contributed by atoms with E-state index in [1.54, 1.807) is 19.9 Å². The van der Waals surface area contributed by atoms with Crippen LogP contribution in [0, 0.1) is 22.7 Å². The number of alkyl halides is 1. The van der Waals surface area contributed by atoms with Crippen molar-refractivity contribution in [3.8, 4) is 0 Å². The van der Waals surface area contributed by atoms with Gasteiger partial charge in [0, 0.05) is 16.7 Å². The third-order valence-corrected chi connectivity index (χ3v) is 9.20. The Balaban J connectivity index is 1.71. The predicted octanol–water partition coefficient (Wildman–Crippen LogP) is 1.63. The number of fused-ring (bicyclic) bond motifs is 5. The summed E-state index contributed by atoms with van der Waals surface area (Å²) in [6.07, 6.45) is 4.84. The van der Waals surface area contributed by atoms with E-state index in [-0.39, 0.29) is 18.6 Å². The van der Waals surface area contributed by atoms with Crippen LogP contribution in [0.15, 0.2) is 23.8 Å². The zero-order valence-corrected chi connectivity index (χ0v) is 18.7.